The van der Waals surface area contributed by atoms with Crippen molar-refractivity contribution in [2.75, 3.05) is 43.5 Å². The van der Waals surface area contributed by atoms with E-state index in [0.717, 1.165) is 11.4 Å². The van der Waals surface area contributed by atoms with Gasteiger partial charge in [-0.2, -0.15) is 0 Å². The van der Waals surface area contributed by atoms with Gasteiger partial charge in [-0.05, 0) is 42.5 Å². The molecule has 1 aromatic heterocycles. The average molecular weight is 490 g/mol. The molecule has 1 aliphatic heterocycles. The number of rotatable bonds is 5. The maximum Gasteiger partial charge on any atom is 0.291 e. The second kappa shape index (κ2) is 9.72. The number of fused-ring (bicyclic) bond motifs is 1. The molecule has 0 unspecified atom stereocenters. The minimum atomic E-state index is -0.367. The Morgan fingerprint density at radius 3 is 2.46 bits per heavy atom. The lowest BCUT2D eigenvalue weighted by Gasteiger charge is -2.36. The molecule has 5 rings (SSSR count). The van der Waals surface area contributed by atoms with E-state index in [4.69, 9.17) is 20.8 Å². The van der Waals surface area contributed by atoms with Gasteiger partial charge in [-0.15, -0.1) is 0 Å². The van der Waals surface area contributed by atoms with Crippen molar-refractivity contribution in [2.24, 2.45) is 0 Å². The van der Waals surface area contributed by atoms with Gasteiger partial charge in [0.1, 0.15) is 17.0 Å². The number of hydrogen-bond acceptors (Lipinski definition) is 5. The van der Waals surface area contributed by atoms with Gasteiger partial charge < -0.3 is 24.3 Å². The van der Waals surface area contributed by atoms with E-state index in [1.54, 1.807) is 42.3 Å². The van der Waals surface area contributed by atoms with Gasteiger partial charge in [-0.1, -0.05) is 41.9 Å². The predicted molar refractivity (Wildman–Crippen MR) is 137 cm³/mol. The molecule has 0 saturated carbocycles. The van der Waals surface area contributed by atoms with Crippen LogP contribution < -0.4 is 15.0 Å². The highest BCUT2D eigenvalue weighted by Gasteiger charge is 2.29. The van der Waals surface area contributed by atoms with Gasteiger partial charge in [0.2, 0.25) is 5.76 Å². The van der Waals surface area contributed by atoms with E-state index >= 15 is 0 Å². The van der Waals surface area contributed by atoms with Crippen molar-refractivity contribution in [3.05, 3.63) is 89.1 Å². The first-order valence-electron chi connectivity index (χ1n) is 11.3. The number of carbonyl (C=O) groups excluding carboxylic acids is 2. The highest BCUT2D eigenvalue weighted by molar-refractivity contribution is 6.31. The van der Waals surface area contributed by atoms with E-state index in [2.05, 4.69) is 10.2 Å². The number of methoxy groups -OCH3 is 1. The van der Waals surface area contributed by atoms with Crippen LogP contribution in [-0.2, 0) is 0 Å². The normalized spacial score (nSPS) is 13.7. The number of carbonyl (C=O) groups is 2. The van der Waals surface area contributed by atoms with Gasteiger partial charge in [0.05, 0.1) is 12.8 Å². The maximum atomic E-state index is 13.5. The topological polar surface area (TPSA) is 75.0 Å². The molecule has 2 amide bonds. The second-order valence-electron chi connectivity index (χ2n) is 8.22. The number of piperazine rings is 1. The predicted octanol–water partition coefficient (Wildman–Crippen LogP) is 5.31. The van der Waals surface area contributed by atoms with Gasteiger partial charge >= 0.3 is 0 Å². The molecular weight excluding hydrogens is 466 g/mol. The smallest absolute Gasteiger partial charge is 0.291 e. The van der Waals surface area contributed by atoms with Gasteiger partial charge in [-0.25, -0.2) is 0 Å². The van der Waals surface area contributed by atoms with E-state index in [1.807, 2.05) is 42.5 Å². The van der Waals surface area contributed by atoms with Gasteiger partial charge in [-0.3, -0.25) is 9.59 Å². The summed E-state index contributed by atoms with van der Waals surface area (Å²) in [5.74, 6) is 0.291. The summed E-state index contributed by atoms with van der Waals surface area (Å²) in [6.07, 6.45) is 0. The summed E-state index contributed by atoms with van der Waals surface area (Å²) in [6, 6.07) is 21.8. The van der Waals surface area contributed by atoms with Crippen molar-refractivity contribution in [1.82, 2.24) is 4.90 Å². The Bertz CT molecular complexity index is 1390. The number of furan rings is 1. The molecule has 35 heavy (non-hydrogen) atoms. The number of para-hydroxylation sites is 3. The minimum absolute atomic E-state index is 0.118. The number of anilines is 2. The molecular formula is C27H24ClN3O4. The lowest BCUT2D eigenvalue weighted by molar-refractivity contribution is 0.0718. The van der Waals surface area contributed by atoms with Crippen LogP contribution in [0.3, 0.4) is 0 Å². The number of halogens is 1. The van der Waals surface area contributed by atoms with Crippen LogP contribution in [0.5, 0.6) is 5.75 Å². The first-order chi connectivity index (χ1) is 17.0. The molecule has 0 bridgehead atoms. The molecule has 4 aromatic rings. The fourth-order valence-corrected chi connectivity index (χ4v) is 4.51. The third kappa shape index (κ3) is 4.55. The van der Waals surface area contributed by atoms with Gasteiger partial charge in [0.25, 0.3) is 11.8 Å². The number of benzene rings is 3. The number of nitrogens with zero attached hydrogens (tertiary/aromatic N) is 2. The Balaban J connectivity index is 1.39. The third-order valence-electron chi connectivity index (χ3n) is 6.11. The van der Waals surface area contributed by atoms with Crippen LogP contribution in [0.15, 0.2) is 77.2 Å². The summed E-state index contributed by atoms with van der Waals surface area (Å²) in [6.45, 7) is 2.32. The standard InChI is InChI=1S/C27H24ClN3O4/c1-34-23-12-5-3-10-21(23)30-13-15-31(16-14-30)27(33)25-24(20-9-2-4-11-22(20)35-25)29-26(32)18-7-6-8-19(28)17-18/h2-12,17H,13-16H2,1H3,(H,29,32). The molecule has 0 atom stereocenters. The van der Waals surface area contributed by atoms with Crippen LogP contribution in [0.1, 0.15) is 20.9 Å². The summed E-state index contributed by atoms with van der Waals surface area (Å²) in [5, 5.41) is 4.00. The molecule has 0 spiro atoms. The van der Waals surface area contributed by atoms with Crippen LogP contribution in [0.25, 0.3) is 11.0 Å². The summed E-state index contributed by atoms with van der Waals surface area (Å²) in [7, 11) is 1.65. The maximum absolute atomic E-state index is 13.5. The third-order valence-corrected chi connectivity index (χ3v) is 6.34. The quantitative estimate of drug-likeness (QED) is 0.411. The van der Waals surface area contributed by atoms with Crippen LogP contribution >= 0.6 is 11.6 Å². The summed E-state index contributed by atoms with van der Waals surface area (Å²) in [4.78, 5) is 30.5. The number of hydrogen-bond donors (Lipinski definition) is 1. The number of amides is 2. The molecule has 7 nitrogen and oxygen atoms in total. The van der Waals surface area contributed by atoms with Crippen molar-refractivity contribution in [3.8, 4) is 5.75 Å². The fraction of sp³-hybridized carbons (Fsp3) is 0.185. The van der Waals surface area contributed by atoms with Crippen LogP contribution in [-0.4, -0.2) is 50.0 Å². The van der Waals surface area contributed by atoms with Crippen LogP contribution in [0, 0.1) is 0 Å². The zero-order valence-electron chi connectivity index (χ0n) is 19.2. The Labute approximate surface area is 207 Å². The molecule has 1 aliphatic rings. The Kier molecular flexibility index (Phi) is 6.33. The molecule has 1 N–H and O–H groups in total. The Hall–Kier alpha value is -3.97. The molecule has 2 heterocycles. The van der Waals surface area contributed by atoms with Crippen molar-refractivity contribution < 1.29 is 18.7 Å². The molecule has 0 aliphatic carbocycles. The molecule has 1 saturated heterocycles. The monoisotopic (exact) mass is 489 g/mol. The lowest BCUT2D eigenvalue weighted by Crippen LogP contribution is -2.49. The fourth-order valence-electron chi connectivity index (χ4n) is 4.32. The Morgan fingerprint density at radius 2 is 1.69 bits per heavy atom. The highest BCUT2D eigenvalue weighted by Crippen LogP contribution is 2.33. The number of ether oxygens (including phenoxy) is 1. The molecule has 0 radical (unpaired) electrons. The highest BCUT2D eigenvalue weighted by atomic mass is 35.5. The summed E-state index contributed by atoms with van der Waals surface area (Å²) < 4.78 is 11.4. The minimum Gasteiger partial charge on any atom is -0.495 e. The van der Waals surface area contributed by atoms with Crippen molar-refractivity contribution in [1.29, 1.82) is 0 Å². The molecule has 1 fully saturated rings. The van der Waals surface area contributed by atoms with Crippen molar-refractivity contribution in [3.63, 3.8) is 0 Å². The lowest BCUT2D eigenvalue weighted by atomic mass is 10.1. The van der Waals surface area contributed by atoms with Crippen LogP contribution in [0.4, 0.5) is 11.4 Å². The van der Waals surface area contributed by atoms with E-state index in [1.165, 1.54) is 0 Å². The van der Waals surface area contributed by atoms with E-state index in [9.17, 15) is 9.59 Å². The molecule has 8 heteroatoms. The van der Waals surface area contributed by atoms with Crippen molar-refractivity contribution in [2.45, 2.75) is 0 Å². The van der Waals surface area contributed by atoms with Gasteiger partial charge in [0, 0.05) is 42.2 Å². The van der Waals surface area contributed by atoms with Crippen molar-refractivity contribution >= 4 is 45.8 Å². The largest absolute Gasteiger partial charge is 0.495 e. The first-order valence-corrected chi connectivity index (χ1v) is 11.7. The first kappa shape index (κ1) is 22.8. The summed E-state index contributed by atoms with van der Waals surface area (Å²) in [5.41, 5.74) is 2.29. The second-order valence-corrected chi connectivity index (χ2v) is 8.65. The number of nitrogens with one attached hydrogen (secondary N) is 1. The summed E-state index contributed by atoms with van der Waals surface area (Å²) >= 11 is 6.05. The average Bonchev–Trinajstić information content (AvgIpc) is 3.26. The molecule has 3 aromatic carbocycles. The van der Waals surface area contributed by atoms with E-state index < -0.39 is 0 Å². The Morgan fingerprint density at radius 1 is 0.943 bits per heavy atom. The molecule has 178 valence electrons. The zero-order valence-corrected chi connectivity index (χ0v) is 19.9. The SMILES string of the molecule is COc1ccccc1N1CCN(C(=O)c2oc3ccccc3c2NC(=O)c2cccc(Cl)c2)CC1. The van der Waals surface area contributed by atoms with E-state index in [-0.39, 0.29) is 17.6 Å². The zero-order chi connectivity index (χ0) is 24.4. The van der Waals surface area contributed by atoms with Gasteiger partial charge in [0.15, 0.2) is 0 Å². The van der Waals surface area contributed by atoms with Crippen LogP contribution in [0.2, 0.25) is 5.02 Å². The van der Waals surface area contributed by atoms with E-state index in [0.29, 0.717) is 53.4 Å².